The summed E-state index contributed by atoms with van der Waals surface area (Å²) in [6.07, 6.45) is 2.56. The third-order valence-electron chi connectivity index (χ3n) is 4.50. The lowest BCUT2D eigenvalue weighted by molar-refractivity contribution is -0.126. The van der Waals surface area contributed by atoms with Gasteiger partial charge in [0.1, 0.15) is 10.7 Å². The summed E-state index contributed by atoms with van der Waals surface area (Å²) in [5.74, 6) is 0.441. The highest BCUT2D eigenvalue weighted by molar-refractivity contribution is 7.89. The molecule has 8 nitrogen and oxygen atoms in total. The number of carbonyl (C=O) groups excluding carboxylic acids is 1. The quantitative estimate of drug-likeness (QED) is 0.830. The maximum Gasteiger partial charge on any atom is 0.246 e. The van der Waals surface area contributed by atoms with Crippen LogP contribution in [0.4, 0.5) is 0 Å². The van der Waals surface area contributed by atoms with Crippen molar-refractivity contribution in [3.05, 3.63) is 35.5 Å². The first-order valence-electron chi connectivity index (χ1n) is 8.21. The highest BCUT2D eigenvalue weighted by Crippen LogP contribution is 2.26. The third kappa shape index (κ3) is 3.62. The Morgan fingerprint density at radius 1 is 1.40 bits per heavy atom. The molecule has 1 amide bonds. The van der Waals surface area contributed by atoms with Crippen molar-refractivity contribution in [1.82, 2.24) is 19.8 Å². The first-order chi connectivity index (χ1) is 11.9. The Bertz CT molecular complexity index is 814. The Morgan fingerprint density at radius 3 is 2.68 bits per heavy atom. The van der Waals surface area contributed by atoms with Crippen LogP contribution in [0, 0.1) is 19.8 Å². The van der Waals surface area contributed by atoms with Crippen LogP contribution in [0.3, 0.4) is 0 Å². The molecule has 2 aromatic heterocycles. The van der Waals surface area contributed by atoms with Gasteiger partial charge in [-0.05, 0) is 38.8 Å². The molecule has 1 saturated heterocycles. The Labute approximate surface area is 146 Å². The molecule has 25 heavy (non-hydrogen) atoms. The van der Waals surface area contributed by atoms with Crippen LogP contribution in [0.1, 0.15) is 30.0 Å². The maximum atomic E-state index is 12.8. The fourth-order valence-electron chi connectivity index (χ4n) is 3.14. The largest absolute Gasteiger partial charge is 0.467 e. The minimum atomic E-state index is -3.58. The van der Waals surface area contributed by atoms with Crippen molar-refractivity contribution in [3.63, 3.8) is 0 Å². The minimum Gasteiger partial charge on any atom is -0.467 e. The average Bonchev–Trinajstić information content (AvgIpc) is 3.22. The summed E-state index contributed by atoms with van der Waals surface area (Å²) in [7, 11) is -3.58. The van der Waals surface area contributed by atoms with Gasteiger partial charge in [0.05, 0.1) is 24.2 Å². The van der Waals surface area contributed by atoms with E-state index >= 15 is 0 Å². The molecule has 0 radical (unpaired) electrons. The van der Waals surface area contributed by atoms with Gasteiger partial charge in [0.25, 0.3) is 0 Å². The molecule has 0 spiro atoms. The number of hydrogen-bond acceptors (Lipinski definition) is 5. The molecule has 0 aromatic carbocycles. The third-order valence-corrected chi connectivity index (χ3v) is 6.66. The second-order valence-electron chi connectivity index (χ2n) is 6.24. The van der Waals surface area contributed by atoms with E-state index in [0.717, 1.165) is 0 Å². The summed E-state index contributed by atoms with van der Waals surface area (Å²) < 4.78 is 32.2. The van der Waals surface area contributed by atoms with Crippen LogP contribution >= 0.6 is 0 Å². The van der Waals surface area contributed by atoms with Crippen LogP contribution in [-0.2, 0) is 21.4 Å². The minimum absolute atomic E-state index is 0.0656. The van der Waals surface area contributed by atoms with Crippen LogP contribution < -0.4 is 5.32 Å². The smallest absolute Gasteiger partial charge is 0.246 e. The van der Waals surface area contributed by atoms with Gasteiger partial charge in [0, 0.05) is 19.0 Å². The van der Waals surface area contributed by atoms with E-state index in [1.807, 2.05) is 0 Å². The van der Waals surface area contributed by atoms with Gasteiger partial charge in [-0.2, -0.15) is 9.40 Å². The number of sulfonamides is 1. The van der Waals surface area contributed by atoms with Crippen molar-refractivity contribution in [2.75, 3.05) is 13.1 Å². The molecule has 9 heteroatoms. The van der Waals surface area contributed by atoms with Crippen molar-refractivity contribution < 1.29 is 17.6 Å². The monoisotopic (exact) mass is 366 g/mol. The van der Waals surface area contributed by atoms with Gasteiger partial charge in [0.2, 0.25) is 15.9 Å². The van der Waals surface area contributed by atoms with Crippen molar-refractivity contribution >= 4 is 15.9 Å². The molecule has 3 rings (SSSR count). The van der Waals surface area contributed by atoms with Gasteiger partial charge in [0.15, 0.2) is 0 Å². The van der Waals surface area contributed by atoms with Gasteiger partial charge in [-0.1, -0.05) is 0 Å². The SMILES string of the molecule is Cc1n[nH]c(C)c1S(=O)(=O)N1CCC(C(=O)NCc2ccco2)CC1. The molecule has 0 aliphatic carbocycles. The summed E-state index contributed by atoms with van der Waals surface area (Å²) in [5.41, 5.74) is 1.01. The van der Waals surface area contributed by atoms with E-state index in [-0.39, 0.29) is 16.7 Å². The number of piperidine rings is 1. The van der Waals surface area contributed by atoms with Crippen LogP contribution in [0.5, 0.6) is 0 Å². The standard InChI is InChI=1S/C16H22N4O4S/c1-11-15(12(2)19-18-11)25(22,23)20-7-5-13(6-8-20)16(21)17-10-14-4-3-9-24-14/h3-4,9,13H,5-8,10H2,1-2H3,(H,17,21)(H,18,19). The highest BCUT2D eigenvalue weighted by atomic mass is 32.2. The lowest BCUT2D eigenvalue weighted by Crippen LogP contribution is -2.43. The zero-order valence-electron chi connectivity index (χ0n) is 14.3. The molecule has 1 aliphatic rings. The Kier molecular flexibility index (Phi) is 4.96. The topological polar surface area (TPSA) is 108 Å². The van der Waals surface area contributed by atoms with E-state index in [0.29, 0.717) is 49.6 Å². The van der Waals surface area contributed by atoms with E-state index in [4.69, 9.17) is 4.42 Å². The molecular weight excluding hydrogens is 344 g/mol. The zero-order chi connectivity index (χ0) is 18.0. The number of carbonyl (C=O) groups is 1. The first-order valence-corrected chi connectivity index (χ1v) is 9.65. The molecular formula is C16H22N4O4S. The van der Waals surface area contributed by atoms with E-state index in [1.165, 1.54) is 4.31 Å². The van der Waals surface area contributed by atoms with E-state index < -0.39 is 10.0 Å². The van der Waals surface area contributed by atoms with Crippen LogP contribution in [0.2, 0.25) is 0 Å². The summed E-state index contributed by atoms with van der Waals surface area (Å²) in [5, 5.41) is 9.51. The maximum absolute atomic E-state index is 12.8. The lowest BCUT2D eigenvalue weighted by atomic mass is 9.97. The fraction of sp³-hybridized carbons (Fsp3) is 0.500. The van der Waals surface area contributed by atoms with Crippen molar-refractivity contribution in [2.45, 2.75) is 38.1 Å². The molecule has 0 saturated carbocycles. The van der Waals surface area contributed by atoms with Crippen molar-refractivity contribution in [2.24, 2.45) is 5.92 Å². The molecule has 3 heterocycles. The van der Waals surface area contributed by atoms with Gasteiger partial charge >= 0.3 is 0 Å². The number of hydrogen-bond donors (Lipinski definition) is 2. The molecule has 0 atom stereocenters. The Morgan fingerprint density at radius 2 is 2.12 bits per heavy atom. The van der Waals surface area contributed by atoms with Gasteiger partial charge in [-0.25, -0.2) is 8.42 Å². The summed E-state index contributed by atoms with van der Waals surface area (Å²) in [6, 6.07) is 3.57. The molecule has 1 aliphatic heterocycles. The number of rotatable bonds is 5. The van der Waals surface area contributed by atoms with E-state index in [9.17, 15) is 13.2 Å². The number of furan rings is 1. The van der Waals surface area contributed by atoms with Crippen LogP contribution in [0.15, 0.2) is 27.7 Å². The second kappa shape index (κ2) is 7.01. The van der Waals surface area contributed by atoms with Crippen LogP contribution in [-0.4, -0.2) is 41.9 Å². The first kappa shape index (κ1) is 17.7. The fourth-order valence-corrected chi connectivity index (χ4v) is 4.94. The van der Waals surface area contributed by atoms with Crippen molar-refractivity contribution in [3.8, 4) is 0 Å². The highest BCUT2D eigenvalue weighted by Gasteiger charge is 2.34. The van der Waals surface area contributed by atoms with Gasteiger partial charge < -0.3 is 9.73 Å². The van der Waals surface area contributed by atoms with Gasteiger partial charge in [-0.15, -0.1) is 0 Å². The number of nitrogens with zero attached hydrogens (tertiary/aromatic N) is 2. The van der Waals surface area contributed by atoms with E-state index in [1.54, 1.807) is 32.2 Å². The van der Waals surface area contributed by atoms with Crippen molar-refractivity contribution in [1.29, 1.82) is 0 Å². The molecule has 136 valence electrons. The number of aromatic amines is 1. The predicted molar refractivity (Wildman–Crippen MR) is 90.1 cm³/mol. The lowest BCUT2D eigenvalue weighted by Gasteiger charge is -2.30. The zero-order valence-corrected chi connectivity index (χ0v) is 15.1. The number of aromatic nitrogens is 2. The number of nitrogens with one attached hydrogen (secondary N) is 2. The Hall–Kier alpha value is -2.13. The summed E-state index contributed by atoms with van der Waals surface area (Å²) in [4.78, 5) is 12.5. The average molecular weight is 366 g/mol. The Balaban J connectivity index is 1.59. The second-order valence-corrected chi connectivity index (χ2v) is 8.11. The normalized spacial score (nSPS) is 16.9. The number of amides is 1. The number of aryl methyl sites for hydroxylation is 2. The molecule has 2 aromatic rings. The molecule has 1 fully saturated rings. The molecule has 0 unspecified atom stereocenters. The van der Waals surface area contributed by atoms with Gasteiger partial charge in [-0.3, -0.25) is 9.89 Å². The molecule has 2 N–H and O–H groups in total. The van der Waals surface area contributed by atoms with E-state index in [2.05, 4.69) is 15.5 Å². The number of H-pyrrole nitrogens is 1. The summed E-state index contributed by atoms with van der Waals surface area (Å²) in [6.45, 7) is 4.36. The van der Waals surface area contributed by atoms with Crippen LogP contribution in [0.25, 0.3) is 0 Å². The molecule has 0 bridgehead atoms. The summed E-state index contributed by atoms with van der Waals surface area (Å²) >= 11 is 0. The predicted octanol–water partition coefficient (Wildman–Crippen LogP) is 1.34.